The van der Waals surface area contributed by atoms with Gasteiger partial charge in [0.25, 0.3) is 0 Å². The molecule has 1 aromatic heterocycles. The smallest absolute Gasteiger partial charge is 0.118 e. The Morgan fingerprint density at radius 1 is 0.917 bits per heavy atom. The second-order valence-electron chi connectivity index (χ2n) is 5.97. The summed E-state index contributed by atoms with van der Waals surface area (Å²) in [4.78, 5) is 4.50. The number of rotatable bonds is 5. The van der Waals surface area contributed by atoms with Gasteiger partial charge in [-0.1, -0.05) is 48.5 Å². The molecule has 0 saturated heterocycles. The Morgan fingerprint density at radius 2 is 1.58 bits per heavy atom. The van der Waals surface area contributed by atoms with Crippen molar-refractivity contribution in [1.82, 2.24) is 4.98 Å². The van der Waals surface area contributed by atoms with Crippen LogP contribution in [-0.2, 0) is 5.60 Å². The van der Waals surface area contributed by atoms with Crippen molar-refractivity contribution < 1.29 is 9.84 Å². The topological polar surface area (TPSA) is 42.4 Å². The molecule has 122 valence electrons. The quantitative estimate of drug-likeness (QED) is 0.769. The molecule has 1 heterocycles. The SMILES string of the molecule is COc1ccc([C@](C)(O)[C@H](c2ccccc2)c2ccccn2)cc1. The van der Waals surface area contributed by atoms with Gasteiger partial charge in [-0.15, -0.1) is 0 Å². The normalized spacial score (nSPS) is 14.6. The fourth-order valence-electron chi connectivity index (χ4n) is 3.07. The maximum absolute atomic E-state index is 11.4. The highest BCUT2D eigenvalue weighted by molar-refractivity contribution is 5.39. The number of nitrogens with zero attached hydrogens (tertiary/aromatic N) is 1. The van der Waals surface area contributed by atoms with E-state index in [0.717, 1.165) is 22.6 Å². The zero-order valence-corrected chi connectivity index (χ0v) is 13.9. The molecule has 3 rings (SSSR count). The van der Waals surface area contributed by atoms with Crippen molar-refractivity contribution in [3.05, 3.63) is 95.8 Å². The van der Waals surface area contributed by atoms with Crippen LogP contribution in [0.15, 0.2) is 79.0 Å². The summed E-state index contributed by atoms with van der Waals surface area (Å²) in [5.74, 6) is 0.497. The Morgan fingerprint density at radius 3 is 2.17 bits per heavy atom. The van der Waals surface area contributed by atoms with Crippen molar-refractivity contribution in [1.29, 1.82) is 0 Å². The third-order valence-electron chi connectivity index (χ3n) is 4.35. The molecule has 0 aliphatic carbocycles. The van der Waals surface area contributed by atoms with Gasteiger partial charge in [-0.2, -0.15) is 0 Å². The highest BCUT2D eigenvalue weighted by atomic mass is 16.5. The van der Waals surface area contributed by atoms with Crippen molar-refractivity contribution in [3.8, 4) is 5.75 Å². The number of pyridine rings is 1. The van der Waals surface area contributed by atoms with Crippen LogP contribution in [0, 0.1) is 0 Å². The lowest BCUT2D eigenvalue weighted by molar-refractivity contribution is 0.0380. The van der Waals surface area contributed by atoms with Gasteiger partial charge >= 0.3 is 0 Å². The summed E-state index contributed by atoms with van der Waals surface area (Å²) in [6.45, 7) is 1.83. The zero-order valence-electron chi connectivity index (χ0n) is 13.9. The Kier molecular flexibility index (Phi) is 4.63. The zero-order chi connectivity index (χ0) is 17.0. The third kappa shape index (κ3) is 3.17. The van der Waals surface area contributed by atoms with Crippen LogP contribution in [0.25, 0.3) is 0 Å². The van der Waals surface area contributed by atoms with Crippen molar-refractivity contribution in [2.45, 2.75) is 18.4 Å². The Hall–Kier alpha value is -2.65. The van der Waals surface area contributed by atoms with E-state index < -0.39 is 5.60 Å². The van der Waals surface area contributed by atoms with Crippen molar-refractivity contribution >= 4 is 0 Å². The minimum absolute atomic E-state index is 0.270. The molecule has 2 atom stereocenters. The summed E-state index contributed by atoms with van der Waals surface area (Å²) in [6.07, 6.45) is 1.76. The van der Waals surface area contributed by atoms with Crippen LogP contribution >= 0.6 is 0 Å². The lowest BCUT2D eigenvalue weighted by Crippen LogP contribution is -2.31. The van der Waals surface area contributed by atoms with Crippen molar-refractivity contribution in [3.63, 3.8) is 0 Å². The fourth-order valence-corrected chi connectivity index (χ4v) is 3.07. The van der Waals surface area contributed by atoms with Crippen LogP contribution in [0.4, 0.5) is 0 Å². The monoisotopic (exact) mass is 319 g/mol. The molecule has 24 heavy (non-hydrogen) atoms. The first-order valence-corrected chi connectivity index (χ1v) is 7.95. The van der Waals surface area contributed by atoms with E-state index >= 15 is 0 Å². The Bertz CT molecular complexity index is 728. The predicted octanol–water partition coefficient (Wildman–Crippen LogP) is 4.13. The van der Waals surface area contributed by atoms with E-state index in [1.165, 1.54) is 0 Å². The van der Waals surface area contributed by atoms with E-state index in [4.69, 9.17) is 4.74 Å². The number of benzene rings is 2. The van der Waals surface area contributed by atoms with Crippen LogP contribution in [0.1, 0.15) is 29.7 Å². The first kappa shape index (κ1) is 16.2. The minimum atomic E-state index is -1.11. The summed E-state index contributed by atoms with van der Waals surface area (Å²) >= 11 is 0. The van der Waals surface area contributed by atoms with E-state index in [1.807, 2.05) is 79.7 Å². The highest BCUT2D eigenvalue weighted by Gasteiger charge is 2.37. The molecule has 3 heteroatoms. The van der Waals surface area contributed by atoms with E-state index in [9.17, 15) is 5.11 Å². The molecule has 0 bridgehead atoms. The fraction of sp³-hybridized carbons (Fsp3) is 0.190. The Labute approximate surface area is 142 Å². The standard InChI is InChI=1S/C21H21NO2/c1-21(23,17-11-13-18(24-2)14-12-17)20(16-8-4-3-5-9-16)19-10-6-7-15-22-19/h3-15,20,23H,1-2H3/t20-,21+/m1/s1. The molecular weight excluding hydrogens is 298 g/mol. The second-order valence-corrected chi connectivity index (χ2v) is 5.97. The molecule has 3 nitrogen and oxygen atoms in total. The van der Waals surface area contributed by atoms with Gasteiger partial charge in [0, 0.05) is 6.20 Å². The molecule has 0 amide bonds. The molecule has 1 N–H and O–H groups in total. The number of methoxy groups -OCH3 is 1. The van der Waals surface area contributed by atoms with Crippen molar-refractivity contribution in [2.24, 2.45) is 0 Å². The van der Waals surface area contributed by atoms with E-state index in [0.29, 0.717) is 0 Å². The number of ether oxygens (including phenoxy) is 1. The summed E-state index contributed by atoms with van der Waals surface area (Å²) in [6, 6.07) is 23.3. The van der Waals surface area contributed by atoms with Gasteiger partial charge in [-0.25, -0.2) is 0 Å². The lowest BCUT2D eigenvalue weighted by atomic mass is 9.76. The summed E-state index contributed by atoms with van der Waals surface area (Å²) in [5.41, 5.74) is 1.58. The van der Waals surface area contributed by atoms with Crippen LogP contribution in [0.3, 0.4) is 0 Å². The number of hydrogen-bond donors (Lipinski definition) is 1. The number of hydrogen-bond acceptors (Lipinski definition) is 3. The summed E-state index contributed by atoms with van der Waals surface area (Å²) in [7, 11) is 1.63. The minimum Gasteiger partial charge on any atom is -0.497 e. The van der Waals surface area contributed by atoms with Gasteiger partial charge in [0.2, 0.25) is 0 Å². The maximum Gasteiger partial charge on any atom is 0.118 e. The van der Waals surface area contributed by atoms with E-state index in [2.05, 4.69) is 4.98 Å². The largest absolute Gasteiger partial charge is 0.497 e. The van der Waals surface area contributed by atoms with Crippen molar-refractivity contribution in [2.75, 3.05) is 7.11 Å². The summed E-state index contributed by atoms with van der Waals surface area (Å²) in [5, 5.41) is 11.4. The third-order valence-corrected chi connectivity index (χ3v) is 4.35. The maximum atomic E-state index is 11.4. The molecule has 0 unspecified atom stereocenters. The Balaban J connectivity index is 2.09. The van der Waals surface area contributed by atoms with Gasteiger partial charge in [-0.3, -0.25) is 4.98 Å². The molecule has 0 saturated carbocycles. The molecule has 0 spiro atoms. The molecule has 2 aromatic carbocycles. The van der Waals surface area contributed by atoms with Gasteiger partial charge < -0.3 is 9.84 Å². The average Bonchev–Trinajstić information content (AvgIpc) is 2.63. The first-order chi connectivity index (χ1) is 11.6. The molecule has 0 aliphatic heterocycles. The first-order valence-electron chi connectivity index (χ1n) is 7.95. The lowest BCUT2D eigenvalue weighted by Gasteiger charge is -2.33. The predicted molar refractivity (Wildman–Crippen MR) is 95.1 cm³/mol. The highest BCUT2D eigenvalue weighted by Crippen LogP contribution is 2.41. The molecular formula is C21H21NO2. The van der Waals surface area contributed by atoms with Gasteiger partial charge in [0.15, 0.2) is 0 Å². The van der Waals surface area contributed by atoms with Crippen LogP contribution in [0.2, 0.25) is 0 Å². The van der Waals surface area contributed by atoms with Crippen LogP contribution < -0.4 is 4.74 Å². The van der Waals surface area contributed by atoms with E-state index in [1.54, 1.807) is 13.3 Å². The second kappa shape index (κ2) is 6.85. The molecule has 0 fully saturated rings. The van der Waals surface area contributed by atoms with Crippen LogP contribution in [0.5, 0.6) is 5.75 Å². The average molecular weight is 319 g/mol. The summed E-state index contributed by atoms with van der Waals surface area (Å²) < 4.78 is 5.22. The van der Waals surface area contributed by atoms with E-state index in [-0.39, 0.29) is 5.92 Å². The van der Waals surface area contributed by atoms with Gasteiger partial charge in [0.1, 0.15) is 5.75 Å². The molecule has 0 aliphatic rings. The molecule has 0 radical (unpaired) electrons. The number of aliphatic hydroxyl groups is 1. The molecule has 3 aromatic rings. The van der Waals surface area contributed by atoms with Crippen LogP contribution in [-0.4, -0.2) is 17.2 Å². The van der Waals surface area contributed by atoms with Gasteiger partial charge in [0.05, 0.1) is 24.3 Å². The number of aromatic nitrogens is 1. The van der Waals surface area contributed by atoms with Gasteiger partial charge in [-0.05, 0) is 42.3 Å².